The number of benzene rings is 1. The Morgan fingerprint density at radius 3 is 2.65 bits per heavy atom. The van der Waals surface area contributed by atoms with Crippen LogP contribution in [0.4, 0.5) is 4.39 Å². The van der Waals surface area contributed by atoms with Gasteiger partial charge in [-0.1, -0.05) is 19.9 Å². The van der Waals surface area contributed by atoms with Crippen LogP contribution in [0, 0.1) is 5.82 Å². The molecule has 0 fully saturated rings. The molecule has 20 heavy (non-hydrogen) atoms. The molecule has 4 heteroatoms. The van der Waals surface area contributed by atoms with E-state index in [2.05, 4.69) is 42.6 Å². The van der Waals surface area contributed by atoms with Crippen LogP contribution in [0.1, 0.15) is 46.0 Å². The van der Waals surface area contributed by atoms with Crippen molar-refractivity contribution in [1.82, 2.24) is 14.9 Å². The van der Waals surface area contributed by atoms with Crippen LogP contribution in [-0.4, -0.2) is 22.1 Å². The standard InChI is InChI=1S/C16H24FN3/c1-11(2)18-10-6-9-15-19-16-13(17)7-5-8-14(16)20(15)12(3)4/h5,7-8,11-12,18H,6,9-10H2,1-4H3. The summed E-state index contributed by atoms with van der Waals surface area (Å²) in [6.07, 6.45) is 1.88. The van der Waals surface area contributed by atoms with Crippen LogP contribution in [0.15, 0.2) is 18.2 Å². The number of imidazole rings is 1. The lowest BCUT2D eigenvalue weighted by Gasteiger charge is -2.13. The SMILES string of the molecule is CC(C)NCCCc1nc2c(F)cccc2n1C(C)C. The minimum absolute atomic E-state index is 0.233. The van der Waals surface area contributed by atoms with Gasteiger partial charge in [-0.25, -0.2) is 9.37 Å². The summed E-state index contributed by atoms with van der Waals surface area (Å²) in [5.74, 6) is 0.745. The van der Waals surface area contributed by atoms with Gasteiger partial charge in [0.1, 0.15) is 11.3 Å². The van der Waals surface area contributed by atoms with Gasteiger partial charge in [-0.15, -0.1) is 0 Å². The topological polar surface area (TPSA) is 29.9 Å². The Hall–Kier alpha value is -1.42. The van der Waals surface area contributed by atoms with E-state index in [0.717, 1.165) is 30.7 Å². The van der Waals surface area contributed by atoms with Gasteiger partial charge < -0.3 is 9.88 Å². The number of nitrogens with one attached hydrogen (secondary N) is 1. The van der Waals surface area contributed by atoms with E-state index in [0.29, 0.717) is 11.6 Å². The second-order valence-electron chi connectivity index (χ2n) is 5.81. The fraction of sp³-hybridized carbons (Fsp3) is 0.562. The fourth-order valence-corrected chi connectivity index (χ4v) is 2.52. The summed E-state index contributed by atoms with van der Waals surface area (Å²) in [6, 6.07) is 5.96. The third-order valence-electron chi connectivity index (χ3n) is 3.39. The summed E-state index contributed by atoms with van der Waals surface area (Å²) in [4.78, 5) is 4.51. The lowest BCUT2D eigenvalue weighted by molar-refractivity contribution is 0.541. The molecular formula is C16H24FN3. The van der Waals surface area contributed by atoms with E-state index in [1.807, 2.05) is 6.07 Å². The highest BCUT2D eigenvalue weighted by Crippen LogP contribution is 2.23. The quantitative estimate of drug-likeness (QED) is 0.816. The molecule has 0 aliphatic heterocycles. The summed E-state index contributed by atoms with van der Waals surface area (Å²) >= 11 is 0. The molecule has 3 nitrogen and oxygen atoms in total. The zero-order chi connectivity index (χ0) is 14.7. The predicted molar refractivity (Wildman–Crippen MR) is 81.5 cm³/mol. The molecule has 1 aromatic carbocycles. The molecule has 0 saturated heterocycles. The maximum absolute atomic E-state index is 13.8. The number of hydrogen-bond acceptors (Lipinski definition) is 2. The van der Waals surface area contributed by atoms with Crippen LogP contribution in [0.25, 0.3) is 11.0 Å². The Bertz CT molecular complexity index is 572. The molecule has 0 unspecified atom stereocenters. The fourth-order valence-electron chi connectivity index (χ4n) is 2.52. The van der Waals surface area contributed by atoms with E-state index in [1.165, 1.54) is 6.07 Å². The lowest BCUT2D eigenvalue weighted by atomic mass is 10.2. The van der Waals surface area contributed by atoms with Crippen molar-refractivity contribution in [2.24, 2.45) is 0 Å². The van der Waals surface area contributed by atoms with Gasteiger partial charge in [0.2, 0.25) is 0 Å². The Balaban J connectivity index is 2.23. The predicted octanol–water partition coefficient (Wildman–Crippen LogP) is 3.69. The number of nitrogens with zero attached hydrogens (tertiary/aromatic N) is 2. The van der Waals surface area contributed by atoms with Crippen LogP contribution < -0.4 is 5.32 Å². The van der Waals surface area contributed by atoms with Crippen molar-refractivity contribution in [2.75, 3.05) is 6.54 Å². The van der Waals surface area contributed by atoms with E-state index < -0.39 is 0 Å². The number of aromatic nitrogens is 2. The molecule has 0 atom stereocenters. The Labute approximate surface area is 120 Å². The molecule has 2 rings (SSSR count). The molecule has 0 amide bonds. The molecule has 1 N–H and O–H groups in total. The maximum Gasteiger partial charge on any atom is 0.151 e. The van der Waals surface area contributed by atoms with E-state index in [-0.39, 0.29) is 11.9 Å². The summed E-state index contributed by atoms with van der Waals surface area (Å²) in [5, 5.41) is 3.40. The minimum atomic E-state index is -0.233. The van der Waals surface area contributed by atoms with Gasteiger partial charge in [-0.3, -0.25) is 0 Å². The third kappa shape index (κ3) is 3.18. The molecule has 0 aliphatic rings. The number of halogens is 1. The zero-order valence-corrected chi connectivity index (χ0v) is 12.8. The van der Waals surface area contributed by atoms with Crippen molar-refractivity contribution < 1.29 is 4.39 Å². The van der Waals surface area contributed by atoms with Gasteiger partial charge in [-0.2, -0.15) is 0 Å². The van der Waals surface area contributed by atoms with Crippen molar-refractivity contribution in [3.63, 3.8) is 0 Å². The smallest absolute Gasteiger partial charge is 0.151 e. The highest BCUT2D eigenvalue weighted by molar-refractivity contribution is 5.76. The average molecular weight is 277 g/mol. The molecule has 110 valence electrons. The third-order valence-corrected chi connectivity index (χ3v) is 3.39. The van der Waals surface area contributed by atoms with E-state index in [4.69, 9.17) is 0 Å². The van der Waals surface area contributed by atoms with Crippen LogP contribution in [0.2, 0.25) is 0 Å². The minimum Gasteiger partial charge on any atom is -0.325 e. The average Bonchev–Trinajstić information content (AvgIpc) is 2.74. The Kier molecular flexibility index (Phi) is 4.76. The normalized spacial score (nSPS) is 11.9. The van der Waals surface area contributed by atoms with E-state index in [1.54, 1.807) is 6.07 Å². The second kappa shape index (κ2) is 6.35. The van der Waals surface area contributed by atoms with Gasteiger partial charge in [-0.05, 0) is 38.9 Å². The molecule has 0 aliphatic carbocycles. The maximum atomic E-state index is 13.8. The molecule has 0 bridgehead atoms. The molecular weight excluding hydrogens is 253 g/mol. The van der Waals surface area contributed by atoms with E-state index in [9.17, 15) is 4.39 Å². The molecule has 1 aromatic heterocycles. The molecule has 2 aromatic rings. The van der Waals surface area contributed by atoms with Crippen molar-refractivity contribution in [3.8, 4) is 0 Å². The molecule has 1 heterocycles. The highest BCUT2D eigenvalue weighted by Gasteiger charge is 2.15. The summed E-state index contributed by atoms with van der Waals surface area (Å²) in [5.41, 5.74) is 1.39. The summed E-state index contributed by atoms with van der Waals surface area (Å²) in [7, 11) is 0. The van der Waals surface area contributed by atoms with Crippen LogP contribution >= 0.6 is 0 Å². The number of rotatable bonds is 6. The van der Waals surface area contributed by atoms with Crippen LogP contribution in [-0.2, 0) is 6.42 Å². The zero-order valence-electron chi connectivity index (χ0n) is 12.8. The second-order valence-corrected chi connectivity index (χ2v) is 5.81. The molecule has 0 radical (unpaired) electrons. The number of hydrogen-bond donors (Lipinski definition) is 1. The Morgan fingerprint density at radius 2 is 2.00 bits per heavy atom. The first-order chi connectivity index (χ1) is 9.50. The lowest BCUT2D eigenvalue weighted by Crippen LogP contribution is -2.24. The highest BCUT2D eigenvalue weighted by atomic mass is 19.1. The van der Waals surface area contributed by atoms with Gasteiger partial charge in [0.15, 0.2) is 5.82 Å². The monoisotopic (exact) mass is 277 g/mol. The van der Waals surface area contributed by atoms with Crippen molar-refractivity contribution >= 4 is 11.0 Å². The summed E-state index contributed by atoms with van der Waals surface area (Å²) in [6.45, 7) is 9.46. The number of para-hydroxylation sites is 1. The van der Waals surface area contributed by atoms with Gasteiger partial charge in [0.25, 0.3) is 0 Å². The summed E-state index contributed by atoms with van der Waals surface area (Å²) < 4.78 is 16.0. The van der Waals surface area contributed by atoms with Crippen molar-refractivity contribution in [2.45, 2.75) is 52.6 Å². The Morgan fingerprint density at radius 1 is 1.25 bits per heavy atom. The molecule has 0 spiro atoms. The number of fused-ring (bicyclic) bond motifs is 1. The van der Waals surface area contributed by atoms with Crippen LogP contribution in [0.3, 0.4) is 0 Å². The first-order valence-corrected chi connectivity index (χ1v) is 7.39. The van der Waals surface area contributed by atoms with Crippen LogP contribution in [0.5, 0.6) is 0 Å². The first kappa shape index (κ1) is 15.0. The van der Waals surface area contributed by atoms with Crippen molar-refractivity contribution in [1.29, 1.82) is 0 Å². The van der Waals surface area contributed by atoms with Crippen molar-refractivity contribution in [3.05, 3.63) is 29.8 Å². The molecule has 0 saturated carbocycles. The largest absolute Gasteiger partial charge is 0.325 e. The van der Waals surface area contributed by atoms with Gasteiger partial charge in [0, 0.05) is 18.5 Å². The van der Waals surface area contributed by atoms with E-state index >= 15 is 0 Å². The number of aryl methyl sites for hydroxylation is 1. The van der Waals surface area contributed by atoms with Gasteiger partial charge in [0.05, 0.1) is 5.52 Å². The first-order valence-electron chi connectivity index (χ1n) is 7.39. The van der Waals surface area contributed by atoms with Gasteiger partial charge >= 0.3 is 0 Å².